The first-order chi connectivity index (χ1) is 20.5. The molecule has 224 valence electrons. The minimum Gasteiger partial charge on any atom is -0.478 e. The largest absolute Gasteiger partial charge is 0.478 e. The van der Waals surface area contributed by atoms with Gasteiger partial charge >= 0.3 is 5.97 Å². The fourth-order valence-electron chi connectivity index (χ4n) is 5.97. The van der Waals surface area contributed by atoms with E-state index in [2.05, 4.69) is 21.5 Å². The third-order valence-corrected chi connectivity index (χ3v) is 9.12. The number of nitrogens with one attached hydrogen (secondary N) is 1. The van der Waals surface area contributed by atoms with E-state index in [1.165, 1.54) is 16.6 Å². The molecule has 0 radical (unpaired) electrons. The van der Waals surface area contributed by atoms with Crippen molar-refractivity contribution in [3.63, 3.8) is 0 Å². The maximum Gasteiger partial charge on any atom is 0.338 e. The predicted octanol–water partition coefficient (Wildman–Crippen LogP) is 4.94. The van der Waals surface area contributed by atoms with Crippen LogP contribution in [0.5, 0.6) is 0 Å². The molecule has 5 aromatic rings. The van der Waals surface area contributed by atoms with Crippen LogP contribution in [0.4, 0.5) is 5.69 Å². The van der Waals surface area contributed by atoms with Crippen LogP contribution in [0.1, 0.15) is 60.2 Å². The van der Waals surface area contributed by atoms with Crippen molar-refractivity contribution in [1.82, 2.24) is 25.0 Å². The van der Waals surface area contributed by atoms with Gasteiger partial charge < -0.3 is 19.5 Å². The SMILES string of the molecule is Cc1nc(-c2ccc3ccc(Cn4c(C(C)C)nc5c(C(=O)O)cc(N(C6CCNCC6)S(C)(=O)=O)cc54)cc3c2)no1. The Morgan fingerprint density at radius 3 is 2.49 bits per heavy atom. The molecule has 1 fully saturated rings. The predicted molar refractivity (Wildman–Crippen MR) is 165 cm³/mol. The van der Waals surface area contributed by atoms with Crippen molar-refractivity contribution in [2.75, 3.05) is 23.7 Å². The van der Waals surface area contributed by atoms with Crippen molar-refractivity contribution in [3.8, 4) is 11.4 Å². The Labute approximate surface area is 249 Å². The third kappa shape index (κ3) is 5.59. The van der Waals surface area contributed by atoms with Gasteiger partial charge in [0.05, 0.1) is 23.0 Å². The van der Waals surface area contributed by atoms with E-state index in [9.17, 15) is 18.3 Å². The smallest absolute Gasteiger partial charge is 0.338 e. The number of carbonyl (C=O) groups is 1. The molecule has 6 rings (SSSR count). The van der Waals surface area contributed by atoms with Gasteiger partial charge in [0, 0.05) is 31.0 Å². The summed E-state index contributed by atoms with van der Waals surface area (Å²) in [6, 6.07) is 15.1. The van der Waals surface area contributed by atoms with Crippen LogP contribution in [-0.2, 0) is 16.6 Å². The van der Waals surface area contributed by atoms with Crippen molar-refractivity contribution in [3.05, 3.63) is 71.4 Å². The Bertz CT molecular complexity index is 1960. The number of piperidine rings is 1. The molecule has 2 N–H and O–H groups in total. The van der Waals surface area contributed by atoms with E-state index in [0.717, 1.165) is 27.7 Å². The van der Waals surface area contributed by atoms with Crippen LogP contribution in [0.25, 0.3) is 33.2 Å². The number of anilines is 1. The van der Waals surface area contributed by atoms with E-state index in [-0.39, 0.29) is 17.5 Å². The monoisotopic (exact) mass is 602 g/mol. The van der Waals surface area contributed by atoms with Gasteiger partial charge in [-0.1, -0.05) is 43.3 Å². The van der Waals surface area contributed by atoms with E-state index in [1.54, 1.807) is 13.0 Å². The number of aromatic carboxylic acids is 1. The zero-order valence-corrected chi connectivity index (χ0v) is 25.4. The lowest BCUT2D eigenvalue weighted by Gasteiger charge is -2.34. The summed E-state index contributed by atoms with van der Waals surface area (Å²) >= 11 is 0. The molecule has 0 spiro atoms. The van der Waals surface area contributed by atoms with Crippen molar-refractivity contribution >= 4 is 43.5 Å². The highest BCUT2D eigenvalue weighted by Crippen LogP contribution is 2.34. The Hall–Kier alpha value is -4.29. The Balaban J connectivity index is 1.49. The van der Waals surface area contributed by atoms with Crippen LogP contribution in [0.3, 0.4) is 0 Å². The number of aromatic nitrogens is 4. The zero-order valence-electron chi connectivity index (χ0n) is 24.5. The lowest BCUT2D eigenvalue weighted by Crippen LogP contribution is -2.46. The van der Waals surface area contributed by atoms with Crippen molar-refractivity contribution < 1.29 is 22.8 Å². The van der Waals surface area contributed by atoms with Gasteiger partial charge in [0.25, 0.3) is 0 Å². The Morgan fingerprint density at radius 2 is 1.84 bits per heavy atom. The molecular formula is C31H34N6O5S. The molecule has 0 aliphatic carbocycles. The third-order valence-electron chi connectivity index (χ3n) is 7.90. The first-order valence-electron chi connectivity index (χ1n) is 14.3. The lowest BCUT2D eigenvalue weighted by atomic mass is 10.0. The summed E-state index contributed by atoms with van der Waals surface area (Å²) in [4.78, 5) is 21.7. The van der Waals surface area contributed by atoms with Crippen LogP contribution in [0, 0.1) is 6.92 Å². The van der Waals surface area contributed by atoms with E-state index in [4.69, 9.17) is 9.51 Å². The molecule has 3 heterocycles. The number of hydrogen-bond acceptors (Lipinski definition) is 8. The Morgan fingerprint density at radius 1 is 1.09 bits per heavy atom. The van der Waals surface area contributed by atoms with Crippen molar-refractivity contribution in [2.24, 2.45) is 0 Å². The van der Waals surface area contributed by atoms with Gasteiger partial charge in [0.2, 0.25) is 21.7 Å². The lowest BCUT2D eigenvalue weighted by molar-refractivity contribution is 0.0698. The molecule has 0 amide bonds. The first kappa shape index (κ1) is 28.8. The van der Waals surface area contributed by atoms with E-state index in [1.807, 2.05) is 48.7 Å². The van der Waals surface area contributed by atoms with Gasteiger partial charge in [-0.2, -0.15) is 4.98 Å². The number of carboxylic acids is 1. The number of nitrogens with zero attached hydrogens (tertiary/aromatic N) is 5. The zero-order chi connectivity index (χ0) is 30.5. The fraction of sp³-hybridized carbons (Fsp3) is 0.355. The van der Waals surface area contributed by atoms with Gasteiger partial charge in [-0.15, -0.1) is 0 Å². The topological polar surface area (TPSA) is 143 Å². The van der Waals surface area contributed by atoms with Crippen LogP contribution in [-0.4, -0.2) is 64.6 Å². The summed E-state index contributed by atoms with van der Waals surface area (Å²) in [6.45, 7) is 7.57. The quantitative estimate of drug-likeness (QED) is 0.252. The van der Waals surface area contributed by atoms with Crippen LogP contribution < -0.4 is 9.62 Å². The fourth-order valence-corrected chi connectivity index (χ4v) is 7.21. The number of aryl methyl sites for hydroxylation is 1. The molecule has 11 nitrogen and oxygen atoms in total. The molecular weight excluding hydrogens is 568 g/mol. The number of fused-ring (bicyclic) bond motifs is 2. The van der Waals surface area contributed by atoms with Gasteiger partial charge in [-0.25, -0.2) is 18.2 Å². The molecule has 1 saturated heterocycles. The molecule has 0 bridgehead atoms. The van der Waals surface area contributed by atoms with Crippen LogP contribution in [0.2, 0.25) is 0 Å². The molecule has 1 aliphatic heterocycles. The number of carboxylic acid groups (broad SMARTS) is 1. The molecule has 3 aromatic carbocycles. The normalized spacial score (nSPS) is 14.6. The summed E-state index contributed by atoms with van der Waals surface area (Å²) < 4.78 is 34.8. The highest BCUT2D eigenvalue weighted by molar-refractivity contribution is 7.92. The van der Waals surface area contributed by atoms with Crippen LogP contribution in [0.15, 0.2) is 53.1 Å². The molecule has 1 aliphatic rings. The van der Waals surface area contributed by atoms with Crippen molar-refractivity contribution in [1.29, 1.82) is 0 Å². The second kappa shape index (κ2) is 11.1. The average Bonchev–Trinajstić information content (AvgIpc) is 3.56. The molecule has 12 heteroatoms. The second-order valence-electron chi connectivity index (χ2n) is 11.5. The highest BCUT2D eigenvalue weighted by Gasteiger charge is 2.31. The second-order valence-corrected chi connectivity index (χ2v) is 13.3. The number of benzene rings is 3. The number of rotatable bonds is 8. The number of imidazole rings is 1. The molecule has 43 heavy (non-hydrogen) atoms. The summed E-state index contributed by atoms with van der Waals surface area (Å²) in [5.74, 6) is 0.567. The summed E-state index contributed by atoms with van der Waals surface area (Å²) in [5, 5.41) is 19.6. The van der Waals surface area contributed by atoms with Gasteiger partial charge in [-0.3, -0.25) is 4.31 Å². The van der Waals surface area contributed by atoms with Gasteiger partial charge in [0.15, 0.2) is 0 Å². The van der Waals surface area contributed by atoms with E-state index < -0.39 is 16.0 Å². The minimum absolute atomic E-state index is 0.0125. The maximum absolute atomic E-state index is 13.1. The van der Waals surface area contributed by atoms with E-state index >= 15 is 0 Å². The number of sulfonamides is 1. The highest BCUT2D eigenvalue weighted by atomic mass is 32.2. The molecule has 0 atom stereocenters. The standard InChI is InChI=1S/C31H34N6O5S/c1-18(2)30-34-28-26(31(38)39)15-25(37(43(4,40)41)24-9-11-32-12-10-24)16-27(28)36(30)17-20-5-6-21-7-8-22(14-23(21)13-20)29-33-19(3)42-35-29/h5-8,13-16,18,24,32H,9-12,17H2,1-4H3,(H,38,39). The summed E-state index contributed by atoms with van der Waals surface area (Å²) in [6.07, 6.45) is 2.44. The first-order valence-corrected chi connectivity index (χ1v) is 16.2. The summed E-state index contributed by atoms with van der Waals surface area (Å²) in [5.41, 5.74) is 3.07. The van der Waals surface area contributed by atoms with Crippen LogP contribution >= 0.6 is 0 Å². The minimum atomic E-state index is -3.69. The van der Waals surface area contributed by atoms with Gasteiger partial charge in [-0.05, 0) is 66.5 Å². The summed E-state index contributed by atoms with van der Waals surface area (Å²) in [7, 11) is -3.69. The molecule has 0 unspecified atom stereocenters. The average molecular weight is 603 g/mol. The van der Waals surface area contributed by atoms with Gasteiger partial charge in [0.1, 0.15) is 11.3 Å². The van der Waals surface area contributed by atoms with E-state index in [0.29, 0.717) is 60.9 Å². The maximum atomic E-state index is 13.1. The molecule has 0 saturated carbocycles. The molecule has 2 aromatic heterocycles. The Kier molecular flexibility index (Phi) is 7.43. The van der Waals surface area contributed by atoms with Crippen molar-refractivity contribution in [2.45, 2.75) is 52.1 Å². The number of hydrogen-bond donors (Lipinski definition) is 2.